The summed E-state index contributed by atoms with van der Waals surface area (Å²) in [6, 6.07) is 5.61. The van der Waals surface area contributed by atoms with Gasteiger partial charge in [-0.25, -0.2) is 4.39 Å². The lowest BCUT2D eigenvalue weighted by Crippen LogP contribution is -2.31. The highest BCUT2D eigenvalue weighted by Gasteiger charge is 2.20. The van der Waals surface area contributed by atoms with Crippen LogP contribution in [0.5, 0.6) is 0 Å². The van der Waals surface area contributed by atoms with Crippen molar-refractivity contribution in [2.75, 3.05) is 0 Å². The second-order valence-corrected chi connectivity index (χ2v) is 5.28. The molecule has 0 heterocycles. The number of aryl methyl sites for hydroxylation is 1. The number of hydrogen-bond donors (Lipinski definition) is 1. The summed E-state index contributed by atoms with van der Waals surface area (Å²) < 4.78 is 13.0. The van der Waals surface area contributed by atoms with E-state index < -0.39 is 0 Å². The molecule has 0 saturated heterocycles. The Bertz CT molecular complexity index is 369. The van der Waals surface area contributed by atoms with Crippen LogP contribution < -0.4 is 5.32 Å². The molecule has 0 amide bonds. The Kier molecular flexibility index (Phi) is 4.16. The van der Waals surface area contributed by atoms with Crippen LogP contribution >= 0.6 is 0 Å². The Morgan fingerprint density at radius 2 is 2.06 bits per heavy atom. The van der Waals surface area contributed by atoms with Gasteiger partial charge in [-0.2, -0.15) is 0 Å². The van der Waals surface area contributed by atoms with Gasteiger partial charge in [0.15, 0.2) is 0 Å². The smallest absolute Gasteiger partial charge is 0.123 e. The molecule has 17 heavy (non-hydrogen) atoms. The molecule has 2 heteroatoms. The summed E-state index contributed by atoms with van der Waals surface area (Å²) in [6.07, 6.45) is 5.48. The van der Waals surface area contributed by atoms with Gasteiger partial charge in [-0.1, -0.05) is 18.9 Å². The van der Waals surface area contributed by atoms with Gasteiger partial charge in [0, 0.05) is 12.6 Å². The predicted octanol–water partition coefficient (Wildman–Crippen LogP) is 3.80. The van der Waals surface area contributed by atoms with Gasteiger partial charge in [0.05, 0.1) is 0 Å². The molecular weight excluding hydrogens is 213 g/mol. The molecule has 1 N–H and O–H groups in total. The van der Waals surface area contributed by atoms with Crippen LogP contribution in [0.15, 0.2) is 18.2 Å². The molecule has 1 aromatic carbocycles. The molecule has 1 fully saturated rings. The van der Waals surface area contributed by atoms with Crippen LogP contribution in [0.2, 0.25) is 0 Å². The van der Waals surface area contributed by atoms with Crippen molar-refractivity contribution in [2.45, 2.75) is 52.1 Å². The Morgan fingerprint density at radius 1 is 1.35 bits per heavy atom. The molecule has 0 aliphatic heterocycles. The van der Waals surface area contributed by atoms with E-state index in [-0.39, 0.29) is 5.82 Å². The van der Waals surface area contributed by atoms with Gasteiger partial charge in [0.1, 0.15) is 5.82 Å². The number of rotatable bonds is 4. The fraction of sp³-hybridized carbons (Fsp3) is 0.600. The molecule has 0 aromatic heterocycles. The van der Waals surface area contributed by atoms with Crippen molar-refractivity contribution < 1.29 is 4.39 Å². The zero-order valence-electron chi connectivity index (χ0n) is 10.8. The molecule has 1 saturated carbocycles. The Balaban J connectivity index is 1.88. The molecule has 1 aliphatic carbocycles. The Hall–Kier alpha value is -0.890. The zero-order chi connectivity index (χ0) is 12.3. The van der Waals surface area contributed by atoms with Crippen molar-refractivity contribution in [1.29, 1.82) is 0 Å². The van der Waals surface area contributed by atoms with E-state index >= 15 is 0 Å². The number of nitrogens with one attached hydrogen (secondary N) is 1. The van der Waals surface area contributed by atoms with Crippen molar-refractivity contribution >= 4 is 0 Å². The van der Waals surface area contributed by atoms with E-state index in [0.29, 0.717) is 6.04 Å². The van der Waals surface area contributed by atoms with Crippen LogP contribution in [-0.2, 0) is 6.54 Å². The quantitative estimate of drug-likeness (QED) is 0.837. The highest BCUT2D eigenvalue weighted by molar-refractivity contribution is 5.26. The maximum atomic E-state index is 13.0. The number of halogens is 1. The summed E-state index contributed by atoms with van der Waals surface area (Å²) in [6.45, 7) is 5.10. The maximum Gasteiger partial charge on any atom is 0.123 e. The maximum absolute atomic E-state index is 13.0. The lowest BCUT2D eigenvalue weighted by atomic mass is 9.99. The van der Waals surface area contributed by atoms with Gasteiger partial charge >= 0.3 is 0 Å². The molecule has 1 aliphatic rings. The van der Waals surface area contributed by atoms with Crippen molar-refractivity contribution in [3.8, 4) is 0 Å². The first kappa shape index (κ1) is 12.6. The first-order valence-electron chi connectivity index (χ1n) is 6.65. The molecule has 1 aromatic rings. The van der Waals surface area contributed by atoms with E-state index in [2.05, 4.69) is 12.2 Å². The molecule has 0 radical (unpaired) electrons. The molecule has 2 rings (SSSR count). The second-order valence-electron chi connectivity index (χ2n) is 5.28. The first-order chi connectivity index (χ1) is 8.16. The molecular formula is C15H22FN. The minimum Gasteiger partial charge on any atom is -0.310 e. The summed E-state index contributed by atoms with van der Waals surface area (Å²) in [5.74, 6) is 0.686. The van der Waals surface area contributed by atoms with E-state index in [4.69, 9.17) is 0 Å². The van der Waals surface area contributed by atoms with E-state index in [1.165, 1.54) is 31.2 Å². The summed E-state index contributed by atoms with van der Waals surface area (Å²) >= 11 is 0. The zero-order valence-corrected chi connectivity index (χ0v) is 10.8. The van der Waals surface area contributed by atoms with Crippen molar-refractivity contribution in [3.63, 3.8) is 0 Å². The van der Waals surface area contributed by atoms with E-state index in [1.807, 2.05) is 13.0 Å². The molecule has 1 nitrogen and oxygen atoms in total. The summed E-state index contributed by atoms with van der Waals surface area (Å²) in [5.41, 5.74) is 2.24. The van der Waals surface area contributed by atoms with Gasteiger partial charge in [0.25, 0.3) is 0 Å². The largest absolute Gasteiger partial charge is 0.310 e. The van der Waals surface area contributed by atoms with Crippen LogP contribution in [0.25, 0.3) is 0 Å². The SMILES string of the molecule is Cc1cc(F)ccc1CN[C@@H](C)C1CCCC1. The minimum atomic E-state index is -0.143. The summed E-state index contributed by atoms with van der Waals surface area (Å²) in [4.78, 5) is 0. The average Bonchev–Trinajstić information content (AvgIpc) is 2.81. The third kappa shape index (κ3) is 3.29. The van der Waals surface area contributed by atoms with Crippen LogP contribution in [0.3, 0.4) is 0 Å². The Labute approximate surface area is 103 Å². The number of benzene rings is 1. The lowest BCUT2D eigenvalue weighted by molar-refractivity contribution is 0.380. The fourth-order valence-electron chi connectivity index (χ4n) is 2.75. The fourth-order valence-corrected chi connectivity index (χ4v) is 2.75. The highest BCUT2D eigenvalue weighted by atomic mass is 19.1. The average molecular weight is 235 g/mol. The third-order valence-corrected chi connectivity index (χ3v) is 4.03. The monoisotopic (exact) mass is 235 g/mol. The second kappa shape index (κ2) is 5.63. The Morgan fingerprint density at radius 3 is 2.71 bits per heavy atom. The van der Waals surface area contributed by atoms with Crippen LogP contribution in [0.4, 0.5) is 4.39 Å². The molecule has 1 atom stereocenters. The van der Waals surface area contributed by atoms with Crippen LogP contribution in [0.1, 0.15) is 43.7 Å². The first-order valence-corrected chi connectivity index (χ1v) is 6.65. The normalized spacial score (nSPS) is 18.5. The van der Waals surface area contributed by atoms with E-state index in [1.54, 1.807) is 12.1 Å². The lowest BCUT2D eigenvalue weighted by Gasteiger charge is -2.21. The topological polar surface area (TPSA) is 12.0 Å². The van der Waals surface area contributed by atoms with E-state index in [0.717, 1.165) is 18.0 Å². The van der Waals surface area contributed by atoms with E-state index in [9.17, 15) is 4.39 Å². The van der Waals surface area contributed by atoms with Crippen molar-refractivity contribution in [2.24, 2.45) is 5.92 Å². The third-order valence-electron chi connectivity index (χ3n) is 4.03. The van der Waals surface area contributed by atoms with Crippen molar-refractivity contribution in [3.05, 3.63) is 35.1 Å². The molecule has 94 valence electrons. The summed E-state index contributed by atoms with van der Waals surface area (Å²) in [7, 11) is 0. The molecule has 0 spiro atoms. The van der Waals surface area contributed by atoms with Crippen molar-refractivity contribution in [1.82, 2.24) is 5.32 Å². The van der Waals surface area contributed by atoms with Gasteiger partial charge in [-0.05, 0) is 55.9 Å². The number of hydrogen-bond acceptors (Lipinski definition) is 1. The highest BCUT2D eigenvalue weighted by Crippen LogP contribution is 2.27. The van der Waals surface area contributed by atoms with Crippen LogP contribution in [-0.4, -0.2) is 6.04 Å². The van der Waals surface area contributed by atoms with Gasteiger partial charge < -0.3 is 5.32 Å². The van der Waals surface area contributed by atoms with Gasteiger partial charge in [-0.15, -0.1) is 0 Å². The standard InChI is InChI=1S/C15H22FN/c1-11-9-15(16)8-7-14(11)10-17-12(2)13-5-3-4-6-13/h7-9,12-13,17H,3-6,10H2,1-2H3/t12-/m0/s1. The van der Waals surface area contributed by atoms with Gasteiger partial charge in [0.2, 0.25) is 0 Å². The van der Waals surface area contributed by atoms with Crippen LogP contribution in [0, 0.1) is 18.7 Å². The molecule has 0 bridgehead atoms. The van der Waals surface area contributed by atoms with Gasteiger partial charge in [-0.3, -0.25) is 0 Å². The molecule has 0 unspecified atom stereocenters. The minimum absolute atomic E-state index is 0.143. The predicted molar refractivity (Wildman–Crippen MR) is 69.4 cm³/mol. The summed E-state index contributed by atoms with van der Waals surface area (Å²) in [5, 5.41) is 3.58.